The first-order chi connectivity index (χ1) is 16.2. The number of halogens is 3. The standard InChI is InChI=1S/C24H23Cl3N2O5/c1-13(30)29-11-15-8-17(23(24(31)32)21(12-29)28-15)14-2-4-16(5-3-14)33-6-7-34-22-10-19(26)18(25)9-20(22)27/h2-5,9-10,15,21,28H,6-8,11-12H2,1H3,(H,31,32). The molecule has 10 heteroatoms. The molecule has 2 N–H and O–H groups in total. The van der Waals surface area contributed by atoms with E-state index in [0.717, 1.165) is 11.1 Å². The first-order valence-corrected chi connectivity index (χ1v) is 11.8. The van der Waals surface area contributed by atoms with Gasteiger partial charge in [0.05, 0.1) is 26.7 Å². The molecule has 0 aromatic heterocycles. The maximum Gasteiger partial charge on any atom is 0.333 e. The number of carbonyl (C=O) groups excluding carboxylic acids is 1. The van der Waals surface area contributed by atoms with Gasteiger partial charge in [-0.2, -0.15) is 0 Å². The zero-order chi connectivity index (χ0) is 24.4. The molecule has 2 aromatic carbocycles. The number of nitrogens with zero attached hydrogens (tertiary/aromatic N) is 1. The van der Waals surface area contributed by atoms with Crippen LogP contribution in [0.5, 0.6) is 11.5 Å². The van der Waals surface area contributed by atoms with E-state index in [4.69, 9.17) is 44.3 Å². The second kappa shape index (κ2) is 10.4. The van der Waals surface area contributed by atoms with Crippen LogP contribution in [0.4, 0.5) is 0 Å². The van der Waals surface area contributed by atoms with Gasteiger partial charge >= 0.3 is 5.97 Å². The molecule has 1 fully saturated rings. The highest BCUT2D eigenvalue weighted by Crippen LogP contribution is 2.35. The van der Waals surface area contributed by atoms with Crippen molar-refractivity contribution in [3.8, 4) is 11.5 Å². The quantitative estimate of drug-likeness (QED) is 0.408. The van der Waals surface area contributed by atoms with E-state index in [2.05, 4.69) is 5.32 Å². The normalized spacial score (nSPS) is 19.7. The molecule has 0 aliphatic carbocycles. The van der Waals surface area contributed by atoms with E-state index in [-0.39, 0.29) is 25.2 Å². The monoisotopic (exact) mass is 524 g/mol. The number of nitrogens with one attached hydrogen (secondary N) is 1. The Morgan fingerprint density at radius 3 is 2.38 bits per heavy atom. The molecule has 0 radical (unpaired) electrons. The Morgan fingerprint density at radius 1 is 1.03 bits per heavy atom. The maximum atomic E-state index is 12.1. The van der Waals surface area contributed by atoms with Crippen LogP contribution in [0, 0.1) is 0 Å². The smallest absolute Gasteiger partial charge is 0.333 e. The number of amides is 1. The summed E-state index contributed by atoms with van der Waals surface area (Å²) in [6, 6.07) is 10.0. The molecule has 7 nitrogen and oxygen atoms in total. The molecule has 2 atom stereocenters. The average molecular weight is 526 g/mol. The van der Waals surface area contributed by atoms with Crippen LogP contribution in [0.3, 0.4) is 0 Å². The molecule has 1 saturated heterocycles. The predicted octanol–water partition coefficient (Wildman–Crippen LogP) is 4.54. The summed E-state index contributed by atoms with van der Waals surface area (Å²) in [5.41, 5.74) is 1.92. The summed E-state index contributed by atoms with van der Waals surface area (Å²) in [6.07, 6.45) is 0.528. The first kappa shape index (κ1) is 24.7. The minimum Gasteiger partial charge on any atom is -0.490 e. The number of fused-ring (bicyclic) bond motifs is 2. The molecule has 2 bridgehead atoms. The van der Waals surface area contributed by atoms with Gasteiger partial charge in [0.2, 0.25) is 5.91 Å². The zero-order valence-corrected chi connectivity index (χ0v) is 20.6. The van der Waals surface area contributed by atoms with Crippen molar-refractivity contribution in [1.29, 1.82) is 0 Å². The maximum absolute atomic E-state index is 12.1. The lowest BCUT2D eigenvalue weighted by molar-refractivity contribution is -0.135. The van der Waals surface area contributed by atoms with E-state index < -0.39 is 12.0 Å². The van der Waals surface area contributed by atoms with Crippen molar-refractivity contribution in [1.82, 2.24) is 10.2 Å². The predicted molar refractivity (Wildman–Crippen MR) is 131 cm³/mol. The first-order valence-electron chi connectivity index (χ1n) is 10.7. The largest absolute Gasteiger partial charge is 0.490 e. The van der Waals surface area contributed by atoms with E-state index in [1.165, 1.54) is 13.0 Å². The lowest BCUT2D eigenvalue weighted by Gasteiger charge is -2.43. The Morgan fingerprint density at radius 2 is 1.71 bits per heavy atom. The van der Waals surface area contributed by atoms with Gasteiger partial charge in [-0.15, -0.1) is 0 Å². The molecule has 2 heterocycles. The fourth-order valence-electron chi connectivity index (χ4n) is 4.30. The number of rotatable bonds is 7. The molecular formula is C24H23Cl3N2O5. The summed E-state index contributed by atoms with van der Waals surface area (Å²) < 4.78 is 11.4. The lowest BCUT2D eigenvalue weighted by atomic mass is 9.83. The number of hydrogen-bond acceptors (Lipinski definition) is 5. The zero-order valence-electron chi connectivity index (χ0n) is 18.3. The molecule has 2 aromatic rings. The van der Waals surface area contributed by atoms with Gasteiger partial charge in [-0.05, 0) is 35.8 Å². The summed E-state index contributed by atoms with van der Waals surface area (Å²) in [4.78, 5) is 25.6. The molecule has 0 spiro atoms. The number of carboxylic acids is 1. The molecule has 34 heavy (non-hydrogen) atoms. The molecule has 2 aliphatic heterocycles. The van der Waals surface area contributed by atoms with Crippen molar-refractivity contribution in [2.75, 3.05) is 26.3 Å². The van der Waals surface area contributed by atoms with Gasteiger partial charge in [0, 0.05) is 32.1 Å². The van der Waals surface area contributed by atoms with E-state index >= 15 is 0 Å². The third kappa shape index (κ3) is 5.44. The van der Waals surface area contributed by atoms with Gasteiger partial charge < -0.3 is 24.8 Å². The second-order valence-corrected chi connectivity index (χ2v) is 9.38. The molecule has 180 valence electrons. The fourth-order valence-corrected chi connectivity index (χ4v) is 4.89. The third-order valence-electron chi connectivity index (χ3n) is 5.87. The highest BCUT2D eigenvalue weighted by atomic mass is 35.5. The van der Waals surface area contributed by atoms with Gasteiger partial charge in [0.1, 0.15) is 24.7 Å². The van der Waals surface area contributed by atoms with Crippen LogP contribution in [0.15, 0.2) is 42.0 Å². The van der Waals surface area contributed by atoms with Crippen molar-refractivity contribution >= 4 is 52.3 Å². The summed E-state index contributed by atoms with van der Waals surface area (Å²) in [5, 5.41) is 14.3. The number of piperazine rings is 1. The summed E-state index contributed by atoms with van der Waals surface area (Å²) in [5.74, 6) is 0.0243. The summed E-state index contributed by atoms with van der Waals surface area (Å²) in [6.45, 7) is 2.94. The highest BCUT2D eigenvalue weighted by Gasteiger charge is 2.39. The van der Waals surface area contributed by atoms with Gasteiger partial charge in [0.25, 0.3) is 0 Å². The van der Waals surface area contributed by atoms with Crippen molar-refractivity contribution in [3.63, 3.8) is 0 Å². The molecule has 4 rings (SSSR count). The van der Waals surface area contributed by atoms with Gasteiger partial charge in [-0.3, -0.25) is 4.79 Å². The molecule has 2 aliphatic rings. The number of benzene rings is 2. The summed E-state index contributed by atoms with van der Waals surface area (Å²) >= 11 is 18.0. The van der Waals surface area contributed by atoms with E-state index in [9.17, 15) is 14.7 Å². The van der Waals surface area contributed by atoms with Crippen molar-refractivity contribution < 1.29 is 24.2 Å². The Kier molecular flexibility index (Phi) is 7.57. The Hall–Kier alpha value is -2.45. The Labute approximate surface area is 212 Å². The van der Waals surface area contributed by atoms with Gasteiger partial charge in [-0.25, -0.2) is 4.79 Å². The Bertz CT molecular complexity index is 1140. The SMILES string of the molecule is CC(=O)N1CC2CC(c3ccc(OCCOc4cc(Cl)c(Cl)cc4Cl)cc3)=C(C(=O)O)C(C1)N2. The number of ether oxygens (including phenoxy) is 2. The van der Waals surface area contributed by atoms with Crippen LogP contribution >= 0.6 is 34.8 Å². The van der Waals surface area contributed by atoms with E-state index in [1.807, 2.05) is 12.1 Å². The van der Waals surface area contributed by atoms with E-state index in [1.54, 1.807) is 23.1 Å². The van der Waals surface area contributed by atoms with Crippen LogP contribution < -0.4 is 14.8 Å². The molecule has 1 amide bonds. The molecule has 0 saturated carbocycles. The van der Waals surface area contributed by atoms with E-state index in [0.29, 0.717) is 51.7 Å². The van der Waals surface area contributed by atoms with Crippen LogP contribution in [-0.2, 0) is 9.59 Å². The molecule has 2 unspecified atom stereocenters. The van der Waals surface area contributed by atoms with Crippen molar-refractivity contribution in [3.05, 3.63) is 62.6 Å². The summed E-state index contributed by atoms with van der Waals surface area (Å²) in [7, 11) is 0. The number of aliphatic carboxylic acids is 1. The molecular weight excluding hydrogens is 503 g/mol. The van der Waals surface area contributed by atoms with Crippen molar-refractivity contribution in [2.45, 2.75) is 25.4 Å². The Balaban J connectivity index is 1.41. The number of carboxylic acid groups (broad SMARTS) is 1. The van der Waals surface area contributed by atoms with Crippen molar-refractivity contribution in [2.24, 2.45) is 0 Å². The number of hydrogen-bond donors (Lipinski definition) is 2. The topological polar surface area (TPSA) is 88.1 Å². The van der Waals surface area contributed by atoms with Gasteiger partial charge in [0.15, 0.2) is 0 Å². The van der Waals surface area contributed by atoms with Crippen LogP contribution in [0.1, 0.15) is 18.9 Å². The fraction of sp³-hybridized carbons (Fsp3) is 0.333. The van der Waals surface area contributed by atoms with Crippen LogP contribution in [-0.4, -0.2) is 60.3 Å². The average Bonchev–Trinajstić information content (AvgIpc) is 2.79. The van der Waals surface area contributed by atoms with Crippen LogP contribution in [0.2, 0.25) is 15.1 Å². The minimum atomic E-state index is -0.977. The second-order valence-electron chi connectivity index (χ2n) is 8.16. The lowest BCUT2D eigenvalue weighted by Crippen LogP contribution is -2.61. The highest BCUT2D eigenvalue weighted by molar-refractivity contribution is 6.43. The van der Waals surface area contributed by atoms with Gasteiger partial charge in [-0.1, -0.05) is 46.9 Å². The van der Waals surface area contributed by atoms with Crippen LogP contribution in [0.25, 0.3) is 5.57 Å². The minimum absolute atomic E-state index is 0.0158. The third-order valence-corrected chi connectivity index (χ3v) is 6.89. The number of carbonyl (C=O) groups is 2.